The first-order valence-corrected chi connectivity index (χ1v) is 7.51. The highest BCUT2D eigenvalue weighted by molar-refractivity contribution is 5.98. The number of hydrogen-bond acceptors (Lipinski definition) is 2. The van der Waals surface area contributed by atoms with Gasteiger partial charge >= 0.3 is 0 Å². The van der Waals surface area contributed by atoms with Gasteiger partial charge in [0.2, 0.25) is 0 Å². The fraction of sp³-hybridized carbons (Fsp3) is 0.588. The zero-order valence-corrected chi connectivity index (χ0v) is 11.7. The van der Waals surface area contributed by atoms with Gasteiger partial charge in [0.15, 0.2) is 5.78 Å². The average Bonchev–Trinajstić information content (AvgIpc) is 2.94. The number of carbonyl (C=O) groups excluding carboxylic acids is 1. The van der Waals surface area contributed by atoms with Crippen molar-refractivity contribution in [3.05, 3.63) is 34.9 Å². The molecule has 0 aromatic heterocycles. The number of benzene rings is 1. The average molecular weight is 258 g/mol. The van der Waals surface area contributed by atoms with Crippen LogP contribution in [-0.4, -0.2) is 5.78 Å². The molecule has 0 saturated heterocycles. The van der Waals surface area contributed by atoms with E-state index in [-0.39, 0.29) is 5.92 Å². The van der Waals surface area contributed by atoms with Gasteiger partial charge in [0.25, 0.3) is 0 Å². The second-order valence-electron chi connectivity index (χ2n) is 5.97. The summed E-state index contributed by atoms with van der Waals surface area (Å²) >= 11 is 0. The van der Waals surface area contributed by atoms with Gasteiger partial charge < -0.3 is 4.74 Å². The summed E-state index contributed by atoms with van der Waals surface area (Å²) in [6, 6.07) is 6.10. The molecule has 1 aromatic rings. The first-order valence-electron chi connectivity index (χ1n) is 7.51. The summed E-state index contributed by atoms with van der Waals surface area (Å²) in [5, 5.41) is 0. The first kappa shape index (κ1) is 12.9. The van der Waals surface area contributed by atoms with E-state index in [4.69, 9.17) is 4.74 Å². The van der Waals surface area contributed by atoms with Crippen LogP contribution in [0.2, 0.25) is 0 Å². The van der Waals surface area contributed by atoms with E-state index in [1.165, 1.54) is 30.4 Å². The minimum Gasteiger partial charge on any atom is -0.372 e. The Hall–Kier alpha value is -1.15. The van der Waals surface area contributed by atoms with E-state index in [9.17, 15) is 4.79 Å². The highest BCUT2D eigenvalue weighted by Crippen LogP contribution is 2.33. The number of ether oxygens (including phenoxy) is 1. The molecule has 0 unspecified atom stereocenters. The summed E-state index contributed by atoms with van der Waals surface area (Å²) in [4.78, 5) is 12.6. The molecule has 0 N–H and O–H groups in total. The number of fused-ring (bicyclic) bond motifs is 1. The van der Waals surface area contributed by atoms with Gasteiger partial charge in [0.1, 0.15) is 0 Å². The molecule has 102 valence electrons. The van der Waals surface area contributed by atoms with Crippen LogP contribution < -0.4 is 0 Å². The molecule has 0 spiro atoms. The van der Waals surface area contributed by atoms with Crippen LogP contribution in [0.25, 0.3) is 0 Å². The maximum Gasteiger partial charge on any atom is 0.165 e. The lowest BCUT2D eigenvalue weighted by Crippen LogP contribution is -2.21. The van der Waals surface area contributed by atoms with Crippen molar-refractivity contribution in [1.82, 2.24) is 0 Å². The highest BCUT2D eigenvalue weighted by Gasteiger charge is 2.26. The van der Waals surface area contributed by atoms with E-state index in [1.54, 1.807) is 0 Å². The second-order valence-corrected chi connectivity index (χ2v) is 5.97. The third-order valence-corrected chi connectivity index (χ3v) is 4.80. The van der Waals surface area contributed by atoms with E-state index in [2.05, 4.69) is 19.1 Å². The van der Waals surface area contributed by atoms with Crippen molar-refractivity contribution in [1.29, 1.82) is 0 Å². The molecular formula is C17H22O2. The molecule has 2 heteroatoms. The van der Waals surface area contributed by atoms with Crippen molar-refractivity contribution >= 4 is 5.78 Å². The van der Waals surface area contributed by atoms with Crippen LogP contribution >= 0.6 is 0 Å². The minimum absolute atomic E-state index is 0.253. The molecule has 0 radical (unpaired) electrons. The molecule has 0 bridgehead atoms. The molecule has 0 amide bonds. The van der Waals surface area contributed by atoms with Gasteiger partial charge in [-0.1, -0.05) is 25.5 Å². The summed E-state index contributed by atoms with van der Waals surface area (Å²) in [6.45, 7) is 3.62. The maximum absolute atomic E-state index is 12.6. The number of ketones is 1. The number of Topliss-reactive ketones (excluding diaryl/α,β-unsaturated/α-hetero) is 1. The minimum atomic E-state index is 0.253. The lowest BCUT2D eigenvalue weighted by molar-refractivity contribution is 0.0871. The van der Waals surface area contributed by atoms with Crippen LogP contribution in [-0.2, 0) is 18.0 Å². The van der Waals surface area contributed by atoms with Crippen molar-refractivity contribution < 1.29 is 9.53 Å². The molecule has 3 rings (SSSR count). The Morgan fingerprint density at radius 3 is 2.63 bits per heavy atom. The molecule has 1 aromatic carbocycles. The maximum atomic E-state index is 12.6. The topological polar surface area (TPSA) is 26.3 Å². The van der Waals surface area contributed by atoms with Crippen LogP contribution in [0.3, 0.4) is 0 Å². The standard InChI is InChI=1S/C17H22O2/c1-2-12-3-5-13(6-4-12)17(18)14-7-8-15-10-19-11-16(15)9-14/h7-9,12-13H,2-6,10-11H2,1H3. The van der Waals surface area contributed by atoms with Crippen molar-refractivity contribution in [2.24, 2.45) is 11.8 Å². The molecule has 1 heterocycles. The predicted octanol–water partition coefficient (Wildman–Crippen LogP) is 4.12. The molecule has 1 aliphatic carbocycles. The molecule has 19 heavy (non-hydrogen) atoms. The smallest absolute Gasteiger partial charge is 0.165 e. The normalized spacial score (nSPS) is 26.2. The highest BCUT2D eigenvalue weighted by atomic mass is 16.5. The summed E-state index contributed by atoms with van der Waals surface area (Å²) in [5.74, 6) is 1.45. The number of hydrogen-bond donors (Lipinski definition) is 0. The van der Waals surface area contributed by atoms with E-state index >= 15 is 0 Å². The monoisotopic (exact) mass is 258 g/mol. The zero-order chi connectivity index (χ0) is 13.2. The van der Waals surface area contributed by atoms with E-state index < -0.39 is 0 Å². The van der Waals surface area contributed by atoms with Crippen LogP contribution in [0.1, 0.15) is 60.5 Å². The Morgan fingerprint density at radius 1 is 1.16 bits per heavy atom. The Balaban J connectivity index is 1.70. The van der Waals surface area contributed by atoms with Crippen LogP contribution in [0.15, 0.2) is 18.2 Å². The van der Waals surface area contributed by atoms with Gasteiger partial charge in [0.05, 0.1) is 13.2 Å². The molecule has 2 nitrogen and oxygen atoms in total. The van der Waals surface area contributed by atoms with Crippen LogP contribution in [0.4, 0.5) is 0 Å². The molecular weight excluding hydrogens is 236 g/mol. The van der Waals surface area contributed by atoms with Gasteiger partial charge in [0, 0.05) is 11.5 Å². The molecule has 1 aliphatic heterocycles. The Morgan fingerprint density at radius 2 is 1.89 bits per heavy atom. The molecule has 1 saturated carbocycles. The van der Waals surface area contributed by atoms with Crippen molar-refractivity contribution in [3.63, 3.8) is 0 Å². The van der Waals surface area contributed by atoms with Crippen molar-refractivity contribution in [3.8, 4) is 0 Å². The van der Waals surface area contributed by atoms with E-state index in [0.717, 1.165) is 24.3 Å². The molecule has 2 aliphatic rings. The van der Waals surface area contributed by atoms with Gasteiger partial charge in [-0.3, -0.25) is 4.79 Å². The van der Waals surface area contributed by atoms with Gasteiger partial charge in [-0.05, 0) is 48.8 Å². The van der Waals surface area contributed by atoms with E-state index in [1.807, 2.05) is 6.07 Å². The fourth-order valence-electron chi connectivity index (χ4n) is 3.39. The van der Waals surface area contributed by atoms with Gasteiger partial charge in [-0.15, -0.1) is 0 Å². The summed E-state index contributed by atoms with van der Waals surface area (Å²) in [6.07, 6.45) is 5.86. The summed E-state index contributed by atoms with van der Waals surface area (Å²) in [7, 11) is 0. The van der Waals surface area contributed by atoms with Crippen LogP contribution in [0.5, 0.6) is 0 Å². The Bertz CT molecular complexity index is 470. The lowest BCUT2D eigenvalue weighted by atomic mass is 9.77. The van der Waals surface area contributed by atoms with Gasteiger partial charge in [-0.25, -0.2) is 0 Å². The van der Waals surface area contributed by atoms with Crippen LogP contribution in [0, 0.1) is 11.8 Å². The zero-order valence-electron chi connectivity index (χ0n) is 11.7. The van der Waals surface area contributed by atoms with Crippen molar-refractivity contribution in [2.75, 3.05) is 0 Å². The molecule has 1 fully saturated rings. The lowest BCUT2D eigenvalue weighted by Gasteiger charge is -2.26. The third kappa shape index (κ3) is 2.59. The largest absolute Gasteiger partial charge is 0.372 e. The third-order valence-electron chi connectivity index (χ3n) is 4.80. The Kier molecular flexibility index (Phi) is 3.69. The second kappa shape index (κ2) is 5.46. The van der Waals surface area contributed by atoms with E-state index in [0.29, 0.717) is 19.0 Å². The number of rotatable bonds is 3. The molecule has 0 atom stereocenters. The SMILES string of the molecule is CCC1CCC(C(=O)c2ccc3c(c2)COC3)CC1. The quantitative estimate of drug-likeness (QED) is 0.762. The summed E-state index contributed by atoms with van der Waals surface area (Å²) < 4.78 is 5.41. The summed E-state index contributed by atoms with van der Waals surface area (Å²) in [5.41, 5.74) is 3.34. The van der Waals surface area contributed by atoms with Crippen molar-refractivity contribution in [2.45, 2.75) is 52.2 Å². The number of carbonyl (C=O) groups is 1. The van der Waals surface area contributed by atoms with Gasteiger partial charge in [-0.2, -0.15) is 0 Å². The predicted molar refractivity (Wildman–Crippen MR) is 75.0 cm³/mol. The fourth-order valence-corrected chi connectivity index (χ4v) is 3.39. The Labute approximate surface area is 115 Å². The first-order chi connectivity index (χ1) is 9.28.